The number of anilines is 1. The predicted octanol–water partition coefficient (Wildman–Crippen LogP) is 1.81. The summed E-state index contributed by atoms with van der Waals surface area (Å²) < 4.78 is 0. The summed E-state index contributed by atoms with van der Waals surface area (Å²) in [5.41, 5.74) is -0.166. The van der Waals surface area contributed by atoms with Crippen LogP contribution in [0.2, 0.25) is 5.28 Å². The van der Waals surface area contributed by atoms with E-state index in [1.54, 1.807) is 11.8 Å². The predicted molar refractivity (Wildman–Crippen MR) is 60.6 cm³/mol. The van der Waals surface area contributed by atoms with Crippen LogP contribution in [0.25, 0.3) is 0 Å². The molecule has 0 saturated carbocycles. The maximum absolute atomic E-state index is 10.6. The molecule has 82 valence electrons. The van der Waals surface area contributed by atoms with Gasteiger partial charge in [0.25, 0.3) is 0 Å². The molecule has 0 amide bonds. The second-order valence-electron chi connectivity index (χ2n) is 2.55. The van der Waals surface area contributed by atoms with Crippen LogP contribution in [0.4, 0.5) is 11.5 Å². The molecule has 1 rings (SSSR count). The smallest absolute Gasteiger partial charge is 0.329 e. The molecule has 0 aliphatic heterocycles. The summed E-state index contributed by atoms with van der Waals surface area (Å²) in [5.74, 6) is 0.993. The molecule has 0 aliphatic carbocycles. The Hall–Kier alpha value is -1.08. The first-order valence-corrected chi connectivity index (χ1v) is 5.82. The minimum Gasteiger partial charge on any atom is -0.363 e. The third-order valence-corrected chi connectivity index (χ3v) is 2.33. The number of nitrogens with one attached hydrogen (secondary N) is 1. The molecule has 0 fully saturated rings. The van der Waals surface area contributed by atoms with Gasteiger partial charge in [0, 0.05) is 12.3 Å². The quantitative estimate of drug-likeness (QED) is 0.370. The zero-order valence-electron chi connectivity index (χ0n) is 7.94. The van der Waals surface area contributed by atoms with Gasteiger partial charge in [-0.05, 0) is 17.9 Å². The highest BCUT2D eigenvalue weighted by Gasteiger charge is 2.15. The SMILES string of the molecule is CSCCNc1nc(Cl)ncc1[N+](=O)[O-]. The Labute approximate surface area is 95.6 Å². The van der Waals surface area contributed by atoms with Crippen molar-refractivity contribution in [1.29, 1.82) is 0 Å². The second kappa shape index (κ2) is 5.72. The lowest BCUT2D eigenvalue weighted by Crippen LogP contribution is -2.08. The molecule has 0 radical (unpaired) electrons. The molecule has 0 unspecified atom stereocenters. The van der Waals surface area contributed by atoms with Crippen LogP contribution in [0, 0.1) is 10.1 Å². The van der Waals surface area contributed by atoms with Crippen molar-refractivity contribution in [3.63, 3.8) is 0 Å². The van der Waals surface area contributed by atoms with Gasteiger partial charge in [-0.25, -0.2) is 4.98 Å². The van der Waals surface area contributed by atoms with Crippen LogP contribution < -0.4 is 5.32 Å². The van der Waals surface area contributed by atoms with Crippen LogP contribution in [0.3, 0.4) is 0 Å². The fourth-order valence-corrected chi connectivity index (χ4v) is 1.33. The van der Waals surface area contributed by atoms with Crippen LogP contribution in [-0.2, 0) is 0 Å². The highest BCUT2D eigenvalue weighted by molar-refractivity contribution is 7.98. The standard InChI is InChI=1S/C7H9ClN4O2S/c1-15-3-2-9-6-5(12(13)14)4-10-7(8)11-6/h4H,2-3H2,1H3,(H,9,10,11). The Kier molecular flexibility index (Phi) is 4.57. The maximum atomic E-state index is 10.6. The van der Waals surface area contributed by atoms with E-state index in [-0.39, 0.29) is 16.8 Å². The summed E-state index contributed by atoms with van der Waals surface area (Å²) in [6, 6.07) is 0. The van der Waals surface area contributed by atoms with Gasteiger partial charge in [-0.3, -0.25) is 10.1 Å². The Morgan fingerprint density at radius 2 is 2.47 bits per heavy atom. The van der Waals surface area contributed by atoms with Crippen LogP contribution in [0.5, 0.6) is 0 Å². The van der Waals surface area contributed by atoms with E-state index in [1.165, 1.54) is 0 Å². The van der Waals surface area contributed by atoms with Gasteiger partial charge in [0.1, 0.15) is 6.20 Å². The number of nitrogens with zero attached hydrogens (tertiary/aromatic N) is 3. The number of thioether (sulfide) groups is 1. The molecule has 0 atom stereocenters. The van der Waals surface area contributed by atoms with Gasteiger partial charge in [-0.1, -0.05) is 0 Å². The van der Waals surface area contributed by atoms with Crippen molar-refractivity contribution in [3.8, 4) is 0 Å². The third kappa shape index (κ3) is 3.52. The normalized spacial score (nSPS) is 10.0. The maximum Gasteiger partial charge on any atom is 0.329 e. The lowest BCUT2D eigenvalue weighted by Gasteiger charge is -2.04. The number of hydrogen-bond acceptors (Lipinski definition) is 6. The third-order valence-electron chi connectivity index (χ3n) is 1.54. The first kappa shape index (κ1) is 12.0. The fraction of sp³-hybridized carbons (Fsp3) is 0.429. The molecule has 0 aliphatic rings. The number of rotatable bonds is 5. The minimum atomic E-state index is -0.544. The topological polar surface area (TPSA) is 81.0 Å². The van der Waals surface area contributed by atoms with Crippen LogP contribution in [-0.4, -0.2) is 33.4 Å². The Bertz CT molecular complexity index is 363. The number of aromatic nitrogens is 2. The van der Waals surface area contributed by atoms with Crippen LogP contribution in [0.15, 0.2) is 6.20 Å². The van der Waals surface area contributed by atoms with Gasteiger partial charge in [0.05, 0.1) is 4.92 Å². The van der Waals surface area contributed by atoms with Crippen molar-refractivity contribution in [1.82, 2.24) is 9.97 Å². The summed E-state index contributed by atoms with van der Waals surface area (Å²) in [4.78, 5) is 17.4. The minimum absolute atomic E-state index is 0.00717. The summed E-state index contributed by atoms with van der Waals surface area (Å²) in [5, 5.41) is 13.4. The van der Waals surface area contributed by atoms with E-state index in [4.69, 9.17) is 11.6 Å². The molecule has 8 heteroatoms. The zero-order valence-corrected chi connectivity index (χ0v) is 9.51. The number of nitro groups is 1. The number of halogens is 1. The van der Waals surface area contributed by atoms with Crippen molar-refractivity contribution in [3.05, 3.63) is 21.6 Å². The average Bonchev–Trinajstić information content (AvgIpc) is 2.18. The van der Waals surface area contributed by atoms with Gasteiger partial charge < -0.3 is 5.32 Å². The Balaban J connectivity index is 2.82. The first-order valence-electron chi connectivity index (χ1n) is 4.05. The van der Waals surface area contributed by atoms with Crippen molar-refractivity contribution in [2.75, 3.05) is 23.9 Å². The largest absolute Gasteiger partial charge is 0.363 e. The molecule has 0 aromatic carbocycles. The van der Waals surface area contributed by atoms with Gasteiger partial charge in [0.15, 0.2) is 0 Å². The number of hydrogen-bond donors (Lipinski definition) is 1. The molecule has 1 N–H and O–H groups in total. The van der Waals surface area contributed by atoms with E-state index in [0.29, 0.717) is 6.54 Å². The molecule has 6 nitrogen and oxygen atoms in total. The van der Waals surface area contributed by atoms with E-state index in [0.717, 1.165) is 11.9 Å². The summed E-state index contributed by atoms with van der Waals surface area (Å²) in [7, 11) is 0. The second-order valence-corrected chi connectivity index (χ2v) is 3.87. The van der Waals surface area contributed by atoms with Gasteiger partial charge in [0.2, 0.25) is 11.1 Å². The van der Waals surface area contributed by atoms with E-state index in [1.807, 2.05) is 6.26 Å². The molecule has 0 saturated heterocycles. The molecule has 1 aromatic rings. The lowest BCUT2D eigenvalue weighted by molar-refractivity contribution is -0.384. The van der Waals surface area contributed by atoms with E-state index < -0.39 is 4.92 Å². The highest BCUT2D eigenvalue weighted by Crippen LogP contribution is 2.21. The Morgan fingerprint density at radius 1 is 1.73 bits per heavy atom. The van der Waals surface area contributed by atoms with Crippen molar-refractivity contribution in [2.24, 2.45) is 0 Å². The summed E-state index contributed by atoms with van der Waals surface area (Å²) >= 11 is 7.17. The zero-order chi connectivity index (χ0) is 11.3. The molecule has 1 heterocycles. The van der Waals surface area contributed by atoms with Crippen molar-refractivity contribution >= 4 is 34.9 Å². The lowest BCUT2D eigenvalue weighted by atomic mass is 10.5. The van der Waals surface area contributed by atoms with E-state index in [9.17, 15) is 10.1 Å². The van der Waals surface area contributed by atoms with Crippen molar-refractivity contribution in [2.45, 2.75) is 0 Å². The van der Waals surface area contributed by atoms with Crippen LogP contribution in [0.1, 0.15) is 0 Å². The first-order chi connectivity index (χ1) is 7.15. The molecular weight excluding hydrogens is 240 g/mol. The molecule has 1 aromatic heterocycles. The molecular formula is C7H9ClN4O2S. The molecule has 0 spiro atoms. The van der Waals surface area contributed by atoms with E-state index in [2.05, 4.69) is 15.3 Å². The van der Waals surface area contributed by atoms with Crippen molar-refractivity contribution < 1.29 is 4.92 Å². The molecule has 0 bridgehead atoms. The van der Waals surface area contributed by atoms with Gasteiger partial charge in [-0.2, -0.15) is 16.7 Å². The Morgan fingerprint density at radius 3 is 3.07 bits per heavy atom. The van der Waals surface area contributed by atoms with Gasteiger partial charge in [-0.15, -0.1) is 0 Å². The summed E-state index contributed by atoms with van der Waals surface area (Å²) in [6.07, 6.45) is 3.04. The van der Waals surface area contributed by atoms with Gasteiger partial charge >= 0.3 is 5.69 Å². The monoisotopic (exact) mass is 248 g/mol. The van der Waals surface area contributed by atoms with Crippen LogP contribution >= 0.6 is 23.4 Å². The molecule has 15 heavy (non-hydrogen) atoms. The highest BCUT2D eigenvalue weighted by atomic mass is 35.5. The fourth-order valence-electron chi connectivity index (χ4n) is 0.889. The average molecular weight is 249 g/mol. The summed E-state index contributed by atoms with van der Waals surface area (Å²) in [6.45, 7) is 0.593. The van der Waals surface area contributed by atoms with E-state index >= 15 is 0 Å².